The lowest BCUT2D eigenvalue weighted by Gasteiger charge is -2.26. The van der Waals surface area contributed by atoms with Crippen LogP contribution in [0, 0.1) is 5.92 Å². The molecular weight excluding hydrogens is 186 g/mol. The molecule has 90 valence electrons. The van der Waals surface area contributed by atoms with Crippen molar-refractivity contribution >= 4 is 0 Å². The van der Waals surface area contributed by atoms with Crippen LogP contribution in [0.1, 0.15) is 52.4 Å². The molecule has 0 spiro atoms. The Bertz CT molecular complexity index is 141. The number of rotatable bonds is 7. The van der Waals surface area contributed by atoms with Gasteiger partial charge in [-0.3, -0.25) is 0 Å². The fourth-order valence-electron chi connectivity index (χ4n) is 2.18. The molecule has 2 heteroatoms. The molecule has 0 heterocycles. The Morgan fingerprint density at radius 3 is 2.53 bits per heavy atom. The minimum atomic E-state index is 0.570. The van der Waals surface area contributed by atoms with Crippen LogP contribution in [0.5, 0.6) is 0 Å². The molecule has 0 aromatic rings. The van der Waals surface area contributed by atoms with Crippen LogP contribution in [0.2, 0.25) is 0 Å². The smallest absolute Gasteiger partial charge is 0.0575 e. The summed E-state index contributed by atoms with van der Waals surface area (Å²) in [6.07, 6.45) is 8.32. The average Bonchev–Trinajstić information content (AvgIpc) is 2.26. The highest BCUT2D eigenvalue weighted by atomic mass is 16.5. The molecule has 1 fully saturated rings. The molecule has 0 saturated heterocycles. The van der Waals surface area contributed by atoms with Crippen LogP contribution in [0.3, 0.4) is 0 Å². The van der Waals surface area contributed by atoms with E-state index in [4.69, 9.17) is 4.74 Å². The third-order valence-electron chi connectivity index (χ3n) is 3.31. The first-order valence-corrected chi connectivity index (χ1v) is 6.65. The van der Waals surface area contributed by atoms with Crippen molar-refractivity contribution in [3.05, 3.63) is 0 Å². The Morgan fingerprint density at radius 2 is 1.87 bits per heavy atom. The first-order chi connectivity index (χ1) is 7.33. The number of ether oxygens (including phenoxy) is 1. The predicted molar refractivity (Wildman–Crippen MR) is 65.1 cm³/mol. The second-order valence-corrected chi connectivity index (χ2v) is 4.81. The van der Waals surface area contributed by atoms with Crippen molar-refractivity contribution in [2.75, 3.05) is 19.7 Å². The fourth-order valence-corrected chi connectivity index (χ4v) is 2.18. The minimum Gasteiger partial charge on any atom is -0.378 e. The topological polar surface area (TPSA) is 21.3 Å². The van der Waals surface area contributed by atoms with Crippen molar-refractivity contribution in [2.45, 2.75) is 58.5 Å². The van der Waals surface area contributed by atoms with Gasteiger partial charge in [-0.25, -0.2) is 0 Å². The lowest BCUT2D eigenvalue weighted by Crippen LogP contribution is -2.21. The summed E-state index contributed by atoms with van der Waals surface area (Å²) < 4.78 is 5.88. The number of hydrogen-bond donors (Lipinski definition) is 1. The van der Waals surface area contributed by atoms with Gasteiger partial charge in [0.05, 0.1) is 6.10 Å². The van der Waals surface area contributed by atoms with Crippen LogP contribution in [-0.4, -0.2) is 25.8 Å². The molecule has 1 aliphatic rings. The molecule has 1 rings (SSSR count). The van der Waals surface area contributed by atoms with Crippen LogP contribution in [0.25, 0.3) is 0 Å². The van der Waals surface area contributed by atoms with Gasteiger partial charge in [0.1, 0.15) is 0 Å². The first-order valence-electron chi connectivity index (χ1n) is 6.65. The zero-order valence-corrected chi connectivity index (χ0v) is 10.4. The largest absolute Gasteiger partial charge is 0.378 e. The molecule has 1 aliphatic carbocycles. The van der Waals surface area contributed by atoms with E-state index in [2.05, 4.69) is 19.2 Å². The van der Waals surface area contributed by atoms with Crippen molar-refractivity contribution in [1.29, 1.82) is 0 Å². The highest BCUT2D eigenvalue weighted by Gasteiger charge is 2.17. The van der Waals surface area contributed by atoms with E-state index >= 15 is 0 Å². The third kappa shape index (κ3) is 6.16. The zero-order chi connectivity index (χ0) is 10.9. The summed E-state index contributed by atoms with van der Waals surface area (Å²) in [6.45, 7) is 7.69. The lowest BCUT2D eigenvalue weighted by molar-refractivity contribution is 0.0181. The van der Waals surface area contributed by atoms with Gasteiger partial charge in [-0.2, -0.15) is 0 Å². The van der Waals surface area contributed by atoms with Crippen molar-refractivity contribution in [1.82, 2.24) is 5.32 Å². The lowest BCUT2D eigenvalue weighted by atomic mass is 9.89. The van der Waals surface area contributed by atoms with Crippen LogP contribution in [0.15, 0.2) is 0 Å². The molecule has 0 aromatic carbocycles. The minimum absolute atomic E-state index is 0.570. The fraction of sp³-hybridized carbons (Fsp3) is 1.00. The van der Waals surface area contributed by atoms with E-state index in [0.717, 1.165) is 25.6 Å². The molecule has 1 N–H and O–H groups in total. The summed E-state index contributed by atoms with van der Waals surface area (Å²) in [4.78, 5) is 0. The number of nitrogens with one attached hydrogen (secondary N) is 1. The maximum absolute atomic E-state index is 5.88. The van der Waals surface area contributed by atoms with Gasteiger partial charge in [-0.05, 0) is 57.5 Å². The Balaban J connectivity index is 1.87. The second-order valence-electron chi connectivity index (χ2n) is 4.81. The molecule has 0 aromatic heterocycles. The van der Waals surface area contributed by atoms with Gasteiger partial charge < -0.3 is 10.1 Å². The Hall–Kier alpha value is -0.0800. The van der Waals surface area contributed by atoms with E-state index < -0.39 is 0 Å². The first kappa shape index (κ1) is 13.0. The second kappa shape index (κ2) is 8.12. The maximum Gasteiger partial charge on any atom is 0.0575 e. The monoisotopic (exact) mass is 213 g/mol. The Morgan fingerprint density at radius 1 is 1.13 bits per heavy atom. The van der Waals surface area contributed by atoms with Crippen LogP contribution in [-0.2, 0) is 4.74 Å². The SMILES string of the molecule is CCNCCCCOC1CCC(C)CC1. The number of unbranched alkanes of at least 4 members (excludes halogenated alkanes) is 1. The van der Waals surface area contributed by atoms with E-state index in [1.807, 2.05) is 0 Å². The molecule has 0 amide bonds. The summed E-state index contributed by atoms with van der Waals surface area (Å²) in [6, 6.07) is 0. The van der Waals surface area contributed by atoms with Crippen LogP contribution < -0.4 is 5.32 Å². The van der Waals surface area contributed by atoms with E-state index in [1.165, 1.54) is 38.5 Å². The predicted octanol–water partition coefficient (Wildman–Crippen LogP) is 2.97. The summed E-state index contributed by atoms with van der Waals surface area (Å²) in [5.74, 6) is 0.929. The van der Waals surface area contributed by atoms with Gasteiger partial charge in [0, 0.05) is 6.61 Å². The van der Waals surface area contributed by atoms with Gasteiger partial charge in [0.15, 0.2) is 0 Å². The maximum atomic E-state index is 5.88. The van der Waals surface area contributed by atoms with E-state index in [0.29, 0.717) is 6.10 Å². The normalized spacial score (nSPS) is 26.8. The molecule has 1 saturated carbocycles. The van der Waals surface area contributed by atoms with Gasteiger partial charge in [-0.15, -0.1) is 0 Å². The Kier molecular flexibility index (Phi) is 7.03. The highest BCUT2D eigenvalue weighted by Crippen LogP contribution is 2.25. The summed E-state index contributed by atoms with van der Waals surface area (Å²) in [5, 5.41) is 3.34. The standard InChI is InChI=1S/C13H27NO/c1-3-14-10-4-5-11-15-13-8-6-12(2)7-9-13/h12-14H,3-11H2,1-2H3. The van der Waals surface area contributed by atoms with Crippen molar-refractivity contribution in [2.24, 2.45) is 5.92 Å². The number of hydrogen-bond acceptors (Lipinski definition) is 2. The molecule has 0 aliphatic heterocycles. The quantitative estimate of drug-likeness (QED) is 0.656. The van der Waals surface area contributed by atoms with Crippen LogP contribution >= 0.6 is 0 Å². The van der Waals surface area contributed by atoms with Crippen LogP contribution in [0.4, 0.5) is 0 Å². The molecule has 0 unspecified atom stereocenters. The molecule has 15 heavy (non-hydrogen) atoms. The summed E-state index contributed by atoms with van der Waals surface area (Å²) in [7, 11) is 0. The zero-order valence-electron chi connectivity index (χ0n) is 10.4. The average molecular weight is 213 g/mol. The van der Waals surface area contributed by atoms with E-state index in [-0.39, 0.29) is 0 Å². The van der Waals surface area contributed by atoms with Crippen molar-refractivity contribution in [3.8, 4) is 0 Å². The third-order valence-corrected chi connectivity index (χ3v) is 3.31. The Labute approximate surface area is 94.8 Å². The molecular formula is C13H27NO. The highest BCUT2D eigenvalue weighted by molar-refractivity contribution is 4.69. The molecule has 0 radical (unpaired) electrons. The molecule has 0 atom stereocenters. The van der Waals surface area contributed by atoms with E-state index in [1.54, 1.807) is 0 Å². The van der Waals surface area contributed by atoms with Crippen molar-refractivity contribution < 1.29 is 4.74 Å². The van der Waals surface area contributed by atoms with E-state index in [9.17, 15) is 0 Å². The summed E-state index contributed by atoms with van der Waals surface area (Å²) in [5.41, 5.74) is 0. The van der Waals surface area contributed by atoms with Gasteiger partial charge >= 0.3 is 0 Å². The van der Waals surface area contributed by atoms with Gasteiger partial charge in [-0.1, -0.05) is 13.8 Å². The molecule has 2 nitrogen and oxygen atoms in total. The molecule has 0 bridgehead atoms. The van der Waals surface area contributed by atoms with Gasteiger partial charge in [0.25, 0.3) is 0 Å². The summed E-state index contributed by atoms with van der Waals surface area (Å²) >= 11 is 0. The van der Waals surface area contributed by atoms with Gasteiger partial charge in [0.2, 0.25) is 0 Å². The van der Waals surface area contributed by atoms with Crippen molar-refractivity contribution in [3.63, 3.8) is 0 Å².